The molecule has 18 heavy (non-hydrogen) atoms. The summed E-state index contributed by atoms with van der Waals surface area (Å²) in [6.07, 6.45) is 1.61. The van der Waals surface area contributed by atoms with Gasteiger partial charge in [0, 0.05) is 12.1 Å². The van der Waals surface area contributed by atoms with Crippen LogP contribution >= 0.6 is 0 Å². The largest absolute Gasteiger partial charge is 0.496 e. The summed E-state index contributed by atoms with van der Waals surface area (Å²) in [5.41, 5.74) is 8.19. The zero-order valence-electron chi connectivity index (χ0n) is 10.3. The van der Waals surface area contributed by atoms with Gasteiger partial charge in [0.25, 0.3) is 0 Å². The number of ether oxygens (including phenoxy) is 2. The number of carboxylic acid groups (broad SMARTS) is 1. The smallest absolute Gasteiger partial charge is 0.306 e. The fourth-order valence-corrected chi connectivity index (χ4v) is 2.23. The Morgan fingerprint density at radius 3 is 2.94 bits per heavy atom. The standard InChI is InChI=1S/C13H17NO4/c1-17-12-7-10(18-3-2-13(15)16)5-8-4-9(14)6-11(8)12/h5,7,9H,2-4,6,14H2,1H3,(H,15,16). The highest BCUT2D eigenvalue weighted by Gasteiger charge is 2.23. The average molecular weight is 251 g/mol. The maximum atomic E-state index is 10.4. The molecular weight excluding hydrogens is 234 g/mol. The van der Waals surface area contributed by atoms with Gasteiger partial charge in [-0.15, -0.1) is 0 Å². The van der Waals surface area contributed by atoms with Gasteiger partial charge in [0.15, 0.2) is 0 Å². The summed E-state index contributed by atoms with van der Waals surface area (Å²) < 4.78 is 10.7. The molecule has 0 amide bonds. The van der Waals surface area contributed by atoms with E-state index in [-0.39, 0.29) is 19.1 Å². The summed E-state index contributed by atoms with van der Waals surface area (Å²) in [6.45, 7) is 0.156. The van der Waals surface area contributed by atoms with Crippen molar-refractivity contribution in [3.05, 3.63) is 23.3 Å². The lowest BCUT2D eigenvalue weighted by Crippen LogP contribution is -2.19. The summed E-state index contributed by atoms with van der Waals surface area (Å²) in [4.78, 5) is 10.4. The number of methoxy groups -OCH3 is 1. The second-order valence-electron chi connectivity index (χ2n) is 4.42. The molecule has 2 rings (SSSR count). The van der Waals surface area contributed by atoms with Gasteiger partial charge in [0.1, 0.15) is 11.5 Å². The normalized spacial score (nSPS) is 17.3. The maximum absolute atomic E-state index is 10.4. The van der Waals surface area contributed by atoms with Crippen molar-refractivity contribution < 1.29 is 19.4 Å². The van der Waals surface area contributed by atoms with E-state index in [1.807, 2.05) is 6.07 Å². The molecule has 0 radical (unpaired) electrons. The molecule has 0 aromatic heterocycles. The van der Waals surface area contributed by atoms with E-state index in [0.717, 1.165) is 29.7 Å². The summed E-state index contributed by atoms with van der Waals surface area (Å²) in [7, 11) is 1.61. The molecule has 1 aliphatic rings. The molecule has 1 aromatic carbocycles. The molecule has 5 nitrogen and oxygen atoms in total. The number of aliphatic carboxylic acids is 1. The fraction of sp³-hybridized carbons (Fsp3) is 0.462. The second-order valence-corrected chi connectivity index (χ2v) is 4.42. The van der Waals surface area contributed by atoms with Gasteiger partial charge < -0.3 is 20.3 Å². The van der Waals surface area contributed by atoms with Crippen LogP contribution in [0.4, 0.5) is 0 Å². The maximum Gasteiger partial charge on any atom is 0.306 e. The quantitative estimate of drug-likeness (QED) is 0.815. The van der Waals surface area contributed by atoms with E-state index in [4.69, 9.17) is 20.3 Å². The zero-order valence-corrected chi connectivity index (χ0v) is 10.3. The summed E-state index contributed by atoms with van der Waals surface area (Å²) in [5, 5.41) is 8.56. The molecule has 3 N–H and O–H groups in total. The highest BCUT2D eigenvalue weighted by Crippen LogP contribution is 2.34. The Hall–Kier alpha value is -1.75. The van der Waals surface area contributed by atoms with E-state index in [1.165, 1.54) is 0 Å². The van der Waals surface area contributed by atoms with Gasteiger partial charge in [0.2, 0.25) is 0 Å². The van der Waals surface area contributed by atoms with Crippen molar-refractivity contribution >= 4 is 5.97 Å². The van der Waals surface area contributed by atoms with E-state index in [1.54, 1.807) is 13.2 Å². The first-order valence-electron chi connectivity index (χ1n) is 5.90. The molecule has 0 spiro atoms. The molecule has 1 unspecified atom stereocenters. The summed E-state index contributed by atoms with van der Waals surface area (Å²) in [6, 6.07) is 3.84. The number of fused-ring (bicyclic) bond motifs is 1. The van der Waals surface area contributed by atoms with E-state index in [0.29, 0.717) is 5.75 Å². The van der Waals surface area contributed by atoms with Crippen LogP contribution in [0, 0.1) is 0 Å². The Morgan fingerprint density at radius 1 is 1.50 bits per heavy atom. The van der Waals surface area contributed by atoms with Crippen molar-refractivity contribution in [1.29, 1.82) is 0 Å². The van der Waals surface area contributed by atoms with Gasteiger partial charge in [0.05, 0.1) is 20.1 Å². The average Bonchev–Trinajstić information content (AvgIpc) is 2.67. The topological polar surface area (TPSA) is 81.8 Å². The molecule has 0 bridgehead atoms. The first kappa shape index (κ1) is 12.7. The van der Waals surface area contributed by atoms with Crippen LogP contribution < -0.4 is 15.2 Å². The molecule has 0 saturated heterocycles. The number of carboxylic acids is 1. The van der Waals surface area contributed by atoms with Crippen LogP contribution in [0.1, 0.15) is 17.5 Å². The predicted molar refractivity (Wildman–Crippen MR) is 66.1 cm³/mol. The molecule has 98 valence electrons. The molecular formula is C13H17NO4. The molecule has 1 atom stereocenters. The lowest BCUT2D eigenvalue weighted by atomic mass is 10.1. The highest BCUT2D eigenvalue weighted by molar-refractivity contribution is 5.66. The van der Waals surface area contributed by atoms with Crippen molar-refractivity contribution in [2.75, 3.05) is 13.7 Å². The molecule has 5 heteroatoms. The lowest BCUT2D eigenvalue weighted by Gasteiger charge is -2.11. The Bertz CT molecular complexity index is 459. The van der Waals surface area contributed by atoms with Crippen LogP contribution in [0.2, 0.25) is 0 Å². The third-order valence-electron chi connectivity index (χ3n) is 3.03. The third kappa shape index (κ3) is 2.73. The van der Waals surface area contributed by atoms with E-state index >= 15 is 0 Å². The van der Waals surface area contributed by atoms with Crippen LogP contribution in [0.3, 0.4) is 0 Å². The Labute approximate surface area is 106 Å². The number of hydrogen-bond donors (Lipinski definition) is 2. The molecule has 0 fully saturated rings. The van der Waals surface area contributed by atoms with Crippen LogP contribution in [-0.2, 0) is 17.6 Å². The first-order chi connectivity index (χ1) is 8.60. The number of carbonyl (C=O) groups is 1. The monoisotopic (exact) mass is 251 g/mol. The Balaban J connectivity index is 2.13. The van der Waals surface area contributed by atoms with Crippen molar-refractivity contribution in [2.45, 2.75) is 25.3 Å². The number of nitrogens with two attached hydrogens (primary N) is 1. The molecule has 1 aromatic rings. The molecule has 0 aliphatic heterocycles. The van der Waals surface area contributed by atoms with Crippen molar-refractivity contribution in [3.8, 4) is 11.5 Å². The van der Waals surface area contributed by atoms with Crippen LogP contribution in [0.25, 0.3) is 0 Å². The minimum absolute atomic E-state index is 0.0150. The van der Waals surface area contributed by atoms with Crippen LogP contribution in [0.5, 0.6) is 11.5 Å². The van der Waals surface area contributed by atoms with Crippen LogP contribution in [0.15, 0.2) is 12.1 Å². The van der Waals surface area contributed by atoms with Gasteiger partial charge in [-0.05, 0) is 30.0 Å². The third-order valence-corrected chi connectivity index (χ3v) is 3.03. The molecule has 0 heterocycles. The van der Waals surface area contributed by atoms with Gasteiger partial charge in [-0.3, -0.25) is 4.79 Å². The SMILES string of the molecule is COc1cc(OCCC(=O)O)cc2c1CC(N)C2. The van der Waals surface area contributed by atoms with Gasteiger partial charge in [-0.1, -0.05) is 0 Å². The van der Waals surface area contributed by atoms with Crippen molar-refractivity contribution in [3.63, 3.8) is 0 Å². The number of benzene rings is 1. The minimum atomic E-state index is -0.870. The van der Waals surface area contributed by atoms with Crippen molar-refractivity contribution in [1.82, 2.24) is 0 Å². The number of rotatable bonds is 5. The van der Waals surface area contributed by atoms with Crippen molar-refractivity contribution in [2.24, 2.45) is 5.73 Å². The van der Waals surface area contributed by atoms with Crippen LogP contribution in [-0.4, -0.2) is 30.8 Å². The highest BCUT2D eigenvalue weighted by atomic mass is 16.5. The Morgan fingerprint density at radius 2 is 2.28 bits per heavy atom. The van der Waals surface area contributed by atoms with E-state index in [2.05, 4.69) is 0 Å². The van der Waals surface area contributed by atoms with Gasteiger partial charge in [-0.2, -0.15) is 0 Å². The lowest BCUT2D eigenvalue weighted by molar-refractivity contribution is -0.137. The minimum Gasteiger partial charge on any atom is -0.496 e. The van der Waals surface area contributed by atoms with Gasteiger partial charge in [-0.25, -0.2) is 0 Å². The van der Waals surface area contributed by atoms with E-state index in [9.17, 15) is 4.79 Å². The first-order valence-corrected chi connectivity index (χ1v) is 5.90. The molecule has 0 saturated carbocycles. The predicted octanol–water partition coefficient (Wildman–Crippen LogP) is 0.975. The fourth-order valence-electron chi connectivity index (χ4n) is 2.23. The summed E-state index contributed by atoms with van der Waals surface area (Å²) >= 11 is 0. The second kappa shape index (κ2) is 5.27. The van der Waals surface area contributed by atoms with E-state index < -0.39 is 5.97 Å². The Kier molecular flexibility index (Phi) is 3.72. The zero-order chi connectivity index (χ0) is 13.1. The number of hydrogen-bond acceptors (Lipinski definition) is 4. The molecule has 1 aliphatic carbocycles. The van der Waals surface area contributed by atoms with Gasteiger partial charge >= 0.3 is 5.97 Å². The summed E-state index contributed by atoms with van der Waals surface area (Å²) in [5.74, 6) is 0.539.